The van der Waals surface area contributed by atoms with Crippen LogP contribution in [0.2, 0.25) is 0 Å². The van der Waals surface area contributed by atoms with Crippen LogP contribution in [-0.2, 0) is 14.8 Å². The van der Waals surface area contributed by atoms with Crippen LogP contribution >= 0.6 is 0 Å². The molecule has 7 heteroatoms. The summed E-state index contributed by atoms with van der Waals surface area (Å²) in [5.41, 5.74) is 1.94. The molecule has 0 fully saturated rings. The van der Waals surface area contributed by atoms with E-state index in [9.17, 15) is 13.2 Å². The van der Waals surface area contributed by atoms with Crippen molar-refractivity contribution in [2.45, 2.75) is 13.3 Å². The van der Waals surface area contributed by atoms with E-state index in [0.717, 1.165) is 22.3 Å². The Labute approximate surface area is 160 Å². The standard InChI is InChI=1S/C20H24N2O4S/c1-17-7-9-19(10-8-17)26-15-14-21-20(23)11-13-22-27(24,25)16-12-18-5-3-2-4-6-18/h2-10,12,16,22H,11,13-15H2,1H3,(H,21,23). The van der Waals surface area contributed by atoms with Gasteiger partial charge < -0.3 is 10.1 Å². The Bertz CT molecular complexity index is 847. The van der Waals surface area contributed by atoms with Gasteiger partial charge in [-0.1, -0.05) is 48.0 Å². The fraction of sp³-hybridized carbons (Fsp3) is 0.250. The summed E-state index contributed by atoms with van der Waals surface area (Å²) in [5.74, 6) is 0.505. The van der Waals surface area contributed by atoms with Gasteiger partial charge in [0.15, 0.2) is 0 Å². The minimum atomic E-state index is -3.58. The molecule has 6 nitrogen and oxygen atoms in total. The highest BCUT2D eigenvalue weighted by atomic mass is 32.2. The molecule has 144 valence electrons. The van der Waals surface area contributed by atoms with E-state index in [1.165, 1.54) is 6.08 Å². The molecule has 0 radical (unpaired) electrons. The van der Waals surface area contributed by atoms with Crippen molar-refractivity contribution in [3.8, 4) is 5.75 Å². The number of ether oxygens (including phenoxy) is 1. The van der Waals surface area contributed by atoms with E-state index in [0.29, 0.717) is 13.2 Å². The first-order chi connectivity index (χ1) is 12.9. The van der Waals surface area contributed by atoms with E-state index in [4.69, 9.17) is 4.74 Å². The molecule has 2 aromatic rings. The van der Waals surface area contributed by atoms with Gasteiger partial charge in [-0.05, 0) is 30.7 Å². The van der Waals surface area contributed by atoms with Gasteiger partial charge in [-0.3, -0.25) is 4.79 Å². The normalized spacial score (nSPS) is 11.4. The molecule has 2 rings (SSSR count). The molecule has 0 unspecified atom stereocenters. The Morgan fingerprint density at radius 3 is 2.44 bits per heavy atom. The Morgan fingerprint density at radius 2 is 1.74 bits per heavy atom. The summed E-state index contributed by atoms with van der Waals surface area (Å²) in [5, 5.41) is 3.78. The van der Waals surface area contributed by atoms with Gasteiger partial charge in [-0.15, -0.1) is 0 Å². The Kier molecular flexibility index (Phi) is 8.03. The second-order valence-corrected chi connectivity index (χ2v) is 7.57. The minimum absolute atomic E-state index is 0.0338. The lowest BCUT2D eigenvalue weighted by Crippen LogP contribution is -2.32. The number of aryl methyl sites for hydroxylation is 1. The molecule has 0 aromatic heterocycles. The lowest BCUT2D eigenvalue weighted by Gasteiger charge is -2.08. The maximum Gasteiger partial charge on any atom is 0.233 e. The molecule has 0 spiro atoms. The molecule has 0 aliphatic heterocycles. The SMILES string of the molecule is Cc1ccc(OCCNC(=O)CCNS(=O)(=O)C=Cc2ccccc2)cc1. The highest BCUT2D eigenvalue weighted by Crippen LogP contribution is 2.10. The van der Waals surface area contributed by atoms with Gasteiger partial charge in [0.05, 0.1) is 6.54 Å². The number of amides is 1. The summed E-state index contributed by atoms with van der Waals surface area (Å²) in [4.78, 5) is 11.7. The number of rotatable bonds is 10. The maximum absolute atomic E-state index is 11.9. The van der Waals surface area contributed by atoms with Gasteiger partial charge in [-0.25, -0.2) is 13.1 Å². The molecule has 2 aromatic carbocycles. The van der Waals surface area contributed by atoms with Crippen molar-refractivity contribution in [3.63, 3.8) is 0 Å². The third-order valence-electron chi connectivity index (χ3n) is 3.61. The molecule has 0 saturated heterocycles. The zero-order valence-electron chi connectivity index (χ0n) is 15.2. The van der Waals surface area contributed by atoms with Crippen LogP contribution in [0.4, 0.5) is 0 Å². The van der Waals surface area contributed by atoms with E-state index in [1.807, 2.05) is 49.4 Å². The van der Waals surface area contributed by atoms with Gasteiger partial charge in [0.2, 0.25) is 15.9 Å². The average Bonchev–Trinajstić information content (AvgIpc) is 2.66. The number of nitrogens with one attached hydrogen (secondary N) is 2. The Balaban J connectivity index is 1.62. The van der Waals surface area contributed by atoms with E-state index >= 15 is 0 Å². The third-order valence-corrected chi connectivity index (χ3v) is 4.71. The maximum atomic E-state index is 11.9. The van der Waals surface area contributed by atoms with Gasteiger partial charge in [0, 0.05) is 18.4 Å². The topological polar surface area (TPSA) is 84.5 Å². The van der Waals surface area contributed by atoms with Gasteiger partial charge in [0.25, 0.3) is 0 Å². The van der Waals surface area contributed by atoms with E-state index < -0.39 is 10.0 Å². The summed E-state index contributed by atoms with van der Waals surface area (Å²) < 4.78 is 31.6. The second kappa shape index (κ2) is 10.5. The Hall–Kier alpha value is -2.64. The average molecular weight is 388 g/mol. The molecule has 0 aliphatic rings. The van der Waals surface area contributed by atoms with Gasteiger partial charge >= 0.3 is 0 Å². The lowest BCUT2D eigenvalue weighted by atomic mass is 10.2. The first-order valence-corrected chi connectivity index (χ1v) is 10.2. The summed E-state index contributed by atoms with van der Waals surface area (Å²) in [7, 11) is -3.58. The molecule has 0 heterocycles. The summed E-state index contributed by atoms with van der Waals surface area (Å²) >= 11 is 0. The molecular weight excluding hydrogens is 364 g/mol. The molecule has 27 heavy (non-hydrogen) atoms. The largest absolute Gasteiger partial charge is 0.492 e. The number of hydrogen-bond donors (Lipinski definition) is 2. The minimum Gasteiger partial charge on any atom is -0.492 e. The predicted molar refractivity (Wildman–Crippen MR) is 107 cm³/mol. The number of carbonyl (C=O) groups excluding carboxylic acids is 1. The van der Waals surface area contributed by atoms with Crippen molar-refractivity contribution < 1.29 is 17.9 Å². The molecule has 1 amide bonds. The van der Waals surface area contributed by atoms with Gasteiger partial charge in [0.1, 0.15) is 12.4 Å². The van der Waals surface area contributed by atoms with Crippen LogP contribution in [0.5, 0.6) is 5.75 Å². The van der Waals surface area contributed by atoms with Crippen LogP contribution in [0, 0.1) is 6.92 Å². The first-order valence-electron chi connectivity index (χ1n) is 8.63. The fourth-order valence-electron chi connectivity index (χ4n) is 2.17. The monoisotopic (exact) mass is 388 g/mol. The highest BCUT2D eigenvalue weighted by Gasteiger charge is 2.07. The fourth-order valence-corrected chi connectivity index (χ4v) is 2.99. The van der Waals surface area contributed by atoms with Crippen LogP contribution in [-0.4, -0.2) is 34.0 Å². The predicted octanol–water partition coefficient (Wildman–Crippen LogP) is 2.47. The molecule has 2 N–H and O–H groups in total. The third kappa shape index (κ3) is 8.52. The van der Waals surface area contributed by atoms with Crippen LogP contribution in [0.3, 0.4) is 0 Å². The van der Waals surface area contributed by atoms with Crippen LogP contribution in [0.15, 0.2) is 60.0 Å². The molecular formula is C20H24N2O4S. The van der Waals surface area contributed by atoms with Crippen molar-refractivity contribution in [1.82, 2.24) is 10.0 Å². The van der Waals surface area contributed by atoms with E-state index in [2.05, 4.69) is 10.0 Å². The highest BCUT2D eigenvalue weighted by molar-refractivity contribution is 7.92. The second-order valence-electron chi connectivity index (χ2n) is 5.91. The molecule has 0 bridgehead atoms. The van der Waals surface area contributed by atoms with Crippen LogP contribution < -0.4 is 14.8 Å². The van der Waals surface area contributed by atoms with E-state index in [-0.39, 0.29) is 18.9 Å². The van der Waals surface area contributed by atoms with Crippen molar-refractivity contribution in [2.24, 2.45) is 0 Å². The van der Waals surface area contributed by atoms with Crippen LogP contribution in [0.1, 0.15) is 17.5 Å². The van der Waals surface area contributed by atoms with E-state index in [1.54, 1.807) is 12.1 Å². The van der Waals surface area contributed by atoms with Crippen molar-refractivity contribution in [1.29, 1.82) is 0 Å². The molecule has 0 saturated carbocycles. The molecule has 0 aliphatic carbocycles. The lowest BCUT2D eigenvalue weighted by molar-refractivity contribution is -0.121. The molecule has 0 atom stereocenters. The quantitative estimate of drug-likeness (QED) is 0.613. The van der Waals surface area contributed by atoms with Gasteiger partial charge in [-0.2, -0.15) is 0 Å². The number of benzene rings is 2. The zero-order chi connectivity index (χ0) is 19.5. The Morgan fingerprint density at radius 1 is 1.04 bits per heavy atom. The number of carbonyl (C=O) groups is 1. The smallest absolute Gasteiger partial charge is 0.233 e. The number of hydrogen-bond acceptors (Lipinski definition) is 4. The van der Waals surface area contributed by atoms with Crippen molar-refractivity contribution >= 4 is 22.0 Å². The van der Waals surface area contributed by atoms with Crippen LogP contribution in [0.25, 0.3) is 6.08 Å². The summed E-state index contributed by atoms with van der Waals surface area (Å²) in [6.07, 6.45) is 1.56. The first kappa shape index (κ1) is 20.7. The summed E-state index contributed by atoms with van der Waals surface area (Å²) in [6.45, 7) is 2.73. The van der Waals surface area contributed by atoms with Crippen molar-refractivity contribution in [3.05, 3.63) is 71.1 Å². The van der Waals surface area contributed by atoms with Crippen molar-refractivity contribution in [2.75, 3.05) is 19.7 Å². The zero-order valence-corrected chi connectivity index (χ0v) is 16.0. The number of sulfonamides is 1. The summed E-state index contributed by atoms with van der Waals surface area (Å²) in [6, 6.07) is 16.8.